The largest absolute Gasteiger partial charge is 0.345 e. The number of aryl methyl sites for hydroxylation is 1. The van der Waals surface area contributed by atoms with Gasteiger partial charge in [0.2, 0.25) is 11.9 Å². The summed E-state index contributed by atoms with van der Waals surface area (Å²) >= 11 is 0. The Kier molecular flexibility index (Phi) is 5.58. The van der Waals surface area contributed by atoms with Crippen molar-refractivity contribution < 1.29 is 4.79 Å². The quantitative estimate of drug-likeness (QED) is 0.684. The normalized spacial score (nSPS) is 10.5. The van der Waals surface area contributed by atoms with E-state index in [2.05, 4.69) is 32.7 Å². The van der Waals surface area contributed by atoms with Gasteiger partial charge in [-0.05, 0) is 43.2 Å². The summed E-state index contributed by atoms with van der Waals surface area (Å²) in [5, 5.41) is 14.3. The lowest BCUT2D eigenvalue weighted by atomic mass is 10.1. The van der Waals surface area contributed by atoms with Gasteiger partial charge in [0.1, 0.15) is 0 Å². The van der Waals surface area contributed by atoms with Crippen LogP contribution >= 0.6 is 0 Å². The molecule has 0 radical (unpaired) electrons. The van der Waals surface area contributed by atoms with Crippen molar-refractivity contribution in [2.24, 2.45) is 0 Å². The molecule has 0 aliphatic rings. The molecule has 134 valence electrons. The van der Waals surface area contributed by atoms with E-state index >= 15 is 0 Å². The molecule has 1 amide bonds. The van der Waals surface area contributed by atoms with Crippen LogP contribution < -0.4 is 10.6 Å². The number of pyridine rings is 1. The van der Waals surface area contributed by atoms with Crippen molar-refractivity contribution in [3.63, 3.8) is 0 Å². The summed E-state index contributed by atoms with van der Waals surface area (Å²) < 4.78 is 1.92. The number of nitrogens with one attached hydrogen (secondary N) is 2. The van der Waals surface area contributed by atoms with Gasteiger partial charge in [-0.2, -0.15) is 0 Å². The molecular weight excluding hydrogens is 328 g/mol. The molecule has 2 N–H and O–H groups in total. The second-order valence-corrected chi connectivity index (χ2v) is 5.79. The fraction of sp³-hybridized carbons (Fsp3) is 0.263. The van der Waals surface area contributed by atoms with Gasteiger partial charge in [-0.3, -0.25) is 14.3 Å². The molecule has 0 atom stereocenters. The molecule has 0 saturated carbocycles. The van der Waals surface area contributed by atoms with Gasteiger partial charge in [0, 0.05) is 30.2 Å². The van der Waals surface area contributed by atoms with Crippen LogP contribution in [0.2, 0.25) is 0 Å². The zero-order chi connectivity index (χ0) is 18.4. The summed E-state index contributed by atoms with van der Waals surface area (Å²) in [7, 11) is 0. The third kappa shape index (κ3) is 4.05. The molecule has 3 rings (SSSR count). The highest BCUT2D eigenvalue weighted by Gasteiger charge is 2.13. The first-order valence-electron chi connectivity index (χ1n) is 8.67. The summed E-state index contributed by atoms with van der Waals surface area (Å²) in [6.07, 6.45) is 4.43. The van der Waals surface area contributed by atoms with E-state index in [0.717, 1.165) is 23.5 Å². The Balaban J connectivity index is 1.64. The van der Waals surface area contributed by atoms with E-state index in [1.165, 1.54) is 5.56 Å². The predicted molar refractivity (Wildman–Crippen MR) is 102 cm³/mol. The molecule has 1 aromatic carbocycles. The minimum atomic E-state index is -0.136. The SMILES string of the molecule is CCc1ccc(NC(=O)CNc2nnc(-c3cccnc3)n2CC)cc1. The summed E-state index contributed by atoms with van der Waals surface area (Å²) in [5.74, 6) is 1.14. The van der Waals surface area contributed by atoms with Gasteiger partial charge in [0.05, 0.1) is 6.54 Å². The second-order valence-electron chi connectivity index (χ2n) is 5.79. The zero-order valence-corrected chi connectivity index (χ0v) is 14.9. The van der Waals surface area contributed by atoms with E-state index in [1.807, 2.05) is 47.9 Å². The highest BCUT2D eigenvalue weighted by Crippen LogP contribution is 2.19. The average Bonchev–Trinajstić information content (AvgIpc) is 3.10. The number of benzene rings is 1. The molecule has 2 heterocycles. The van der Waals surface area contributed by atoms with Gasteiger partial charge in [-0.1, -0.05) is 19.1 Å². The van der Waals surface area contributed by atoms with Crippen molar-refractivity contribution in [3.8, 4) is 11.4 Å². The first kappa shape index (κ1) is 17.6. The summed E-state index contributed by atoms with van der Waals surface area (Å²) in [6, 6.07) is 11.6. The number of carbonyl (C=O) groups is 1. The molecule has 2 aromatic heterocycles. The van der Waals surface area contributed by atoms with Gasteiger partial charge < -0.3 is 10.6 Å². The Morgan fingerprint density at radius 1 is 1.12 bits per heavy atom. The molecule has 26 heavy (non-hydrogen) atoms. The van der Waals surface area contributed by atoms with E-state index in [1.54, 1.807) is 12.4 Å². The Hall–Kier alpha value is -3.22. The third-order valence-corrected chi connectivity index (χ3v) is 4.04. The number of amides is 1. The standard InChI is InChI=1S/C19H22N6O/c1-3-14-7-9-16(10-8-14)22-17(26)13-21-19-24-23-18(25(19)4-2)15-6-5-11-20-12-15/h5-12H,3-4,13H2,1-2H3,(H,21,24)(H,22,26). The molecule has 3 aromatic rings. The van der Waals surface area contributed by atoms with Gasteiger partial charge in [-0.15, -0.1) is 10.2 Å². The molecule has 0 aliphatic carbocycles. The van der Waals surface area contributed by atoms with Crippen molar-refractivity contribution in [3.05, 3.63) is 54.4 Å². The Morgan fingerprint density at radius 3 is 2.58 bits per heavy atom. The van der Waals surface area contributed by atoms with Crippen molar-refractivity contribution in [1.29, 1.82) is 0 Å². The monoisotopic (exact) mass is 350 g/mol. The maximum atomic E-state index is 12.2. The lowest BCUT2D eigenvalue weighted by Gasteiger charge is -2.10. The number of aromatic nitrogens is 4. The minimum Gasteiger partial charge on any atom is -0.345 e. The maximum Gasteiger partial charge on any atom is 0.243 e. The van der Waals surface area contributed by atoms with Crippen LogP contribution in [0.3, 0.4) is 0 Å². The van der Waals surface area contributed by atoms with E-state index in [0.29, 0.717) is 12.5 Å². The molecule has 0 fully saturated rings. The molecule has 0 bridgehead atoms. The van der Waals surface area contributed by atoms with Crippen molar-refractivity contribution in [2.45, 2.75) is 26.8 Å². The minimum absolute atomic E-state index is 0.112. The van der Waals surface area contributed by atoms with Gasteiger partial charge in [0.25, 0.3) is 0 Å². The first-order valence-corrected chi connectivity index (χ1v) is 8.67. The first-order chi connectivity index (χ1) is 12.7. The van der Waals surface area contributed by atoms with Crippen LogP contribution in [0.1, 0.15) is 19.4 Å². The molecule has 0 spiro atoms. The molecule has 0 aliphatic heterocycles. The highest BCUT2D eigenvalue weighted by atomic mass is 16.1. The zero-order valence-electron chi connectivity index (χ0n) is 14.9. The average molecular weight is 350 g/mol. The van der Waals surface area contributed by atoms with Crippen LogP contribution in [0.4, 0.5) is 11.6 Å². The lowest BCUT2D eigenvalue weighted by Crippen LogP contribution is -2.23. The van der Waals surface area contributed by atoms with Crippen molar-refractivity contribution in [1.82, 2.24) is 19.7 Å². The van der Waals surface area contributed by atoms with Gasteiger partial charge in [0.15, 0.2) is 5.82 Å². The van der Waals surface area contributed by atoms with Crippen LogP contribution in [0, 0.1) is 0 Å². The second kappa shape index (κ2) is 8.24. The lowest BCUT2D eigenvalue weighted by molar-refractivity contribution is -0.114. The van der Waals surface area contributed by atoms with E-state index in [9.17, 15) is 4.79 Å². The predicted octanol–water partition coefficient (Wildman–Crippen LogP) is 2.97. The Bertz CT molecular complexity index is 857. The number of anilines is 2. The molecule has 0 unspecified atom stereocenters. The van der Waals surface area contributed by atoms with Crippen molar-refractivity contribution in [2.75, 3.05) is 17.2 Å². The number of carbonyl (C=O) groups excluding carboxylic acids is 1. The van der Waals surface area contributed by atoms with Gasteiger partial charge >= 0.3 is 0 Å². The maximum absolute atomic E-state index is 12.2. The summed E-state index contributed by atoms with van der Waals surface area (Å²) in [6.45, 7) is 4.89. The van der Waals surface area contributed by atoms with Crippen LogP contribution in [-0.4, -0.2) is 32.2 Å². The molecular formula is C19H22N6O. The van der Waals surface area contributed by atoms with Gasteiger partial charge in [-0.25, -0.2) is 0 Å². The number of hydrogen-bond donors (Lipinski definition) is 2. The summed E-state index contributed by atoms with van der Waals surface area (Å²) in [5.41, 5.74) is 2.90. The van der Waals surface area contributed by atoms with Crippen LogP contribution in [0.5, 0.6) is 0 Å². The molecule has 7 heteroatoms. The smallest absolute Gasteiger partial charge is 0.243 e. The third-order valence-electron chi connectivity index (χ3n) is 4.04. The van der Waals surface area contributed by atoms with Crippen LogP contribution in [0.25, 0.3) is 11.4 Å². The Labute approximate surface area is 152 Å². The van der Waals surface area contributed by atoms with Crippen LogP contribution in [0.15, 0.2) is 48.8 Å². The van der Waals surface area contributed by atoms with E-state index in [4.69, 9.17) is 0 Å². The van der Waals surface area contributed by atoms with E-state index in [-0.39, 0.29) is 12.5 Å². The topological polar surface area (TPSA) is 84.7 Å². The number of nitrogens with zero attached hydrogens (tertiary/aromatic N) is 4. The Morgan fingerprint density at radius 2 is 1.92 bits per heavy atom. The highest BCUT2D eigenvalue weighted by molar-refractivity contribution is 5.93. The van der Waals surface area contributed by atoms with Crippen molar-refractivity contribution >= 4 is 17.5 Å². The van der Waals surface area contributed by atoms with E-state index < -0.39 is 0 Å². The van der Waals surface area contributed by atoms with Crippen LogP contribution in [-0.2, 0) is 17.8 Å². The fourth-order valence-electron chi connectivity index (χ4n) is 2.63. The number of rotatable bonds is 7. The summed E-state index contributed by atoms with van der Waals surface area (Å²) in [4.78, 5) is 16.3. The fourth-order valence-corrected chi connectivity index (χ4v) is 2.63. The molecule has 7 nitrogen and oxygen atoms in total. The number of hydrogen-bond acceptors (Lipinski definition) is 5. The molecule has 0 saturated heterocycles.